The number of aryl methyl sites for hydroxylation is 2. The number of aromatic nitrogens is 1. The fourth-order valence-corrected chi connectivity index (χ4v) is 4.13. The third-order valence-electron chi connectivity index (χ3n) is 4.63. The zero-order chi connectivity index (χ0) is 22.4. The molecule has 0 saturated carbocycles. The molecule has 0 aliphatic heterocycles. The summed E-state index contributed by atoms with van der Waals surface area (Å²) >= 11 is 1.25. The number of ether oxygens (including phenoxy) is 1. The van der Waals surface area contributed by atoms with Crippen LogP contribution in [0.1, 0.15) is 32.0 Å². The molecule has 0 spiro atoms. The molecule has 3 aromatic rings. The van der Waals surface area contributed by atoms with Crippen LogP contribution in [0.2, 0.25) is 0 Å². The lowest BCUT2D eigenvalue weighted by Gasteiger charge is -2.31. The van der Waals surface area contributed by atoms with E-state index < -0.39 is 17.8 Å². The molecule has 0 fully saturated rings. The van der Waals surface area contributed by atoms with Crippen molar-refractivity contribution in [3.63, 3.8) is 0 Å². The molecular weight excluding hydrogens is 417 g/mol. The van der Waals surface area contributed by atoms with Crippen LogP contribution in [-0.4, -0.2) is 37.1 Å². The Hall–Kier alpha value is -3.10. The number of rotatable bonds is 8. The highest BCUT2D eigenvalue weighted by atomic mass is 32.1. The molecule has 31 heavy (non-hydrogen) atoms. The minimum Gasteiger partial charge on any atom is -0.383 e. The number of carbonyl (C=O) groups excluding carboxylic acids is 2. The van der Waals surface area contributed by atoms with Gasteiger partial charge >= 0.3 is 0 Å². The quantitative estimate of drug-likeness (QED) is 0.536. The maximum absolute atomic E-state index is 14.1. The van der Waals surface area contributed by atoms with E-state index in [1.54, 1.807) is 37.3 Å². The van der Waals surface area contributed by atoms with Crippen molar-refractivity contribution in [3.8, 4) is 0 Å². The number of nitrogens with one attached hydrogen (secondary N) is 1. The van der Waals surface area contributed by atoms with Crippen molar-refractivity contribution in [2.75, 3.05) is 25.2 Å². The van der Waals surface area contributed by atoms with Crippen LogP contribution in [-0.2, 0) is 9.53 Å². The predicted molar refractivity (Wildman–Crippen MR) is 119 cm³/mol. The molecule has 162 valence electrons. The maximum Gasteiger partial charge on any atom is 0.271 e. The summed E-state index contributed by atoms with van der Waals surface area (Å²) in [6.45, 7) is 4.17. The number of hydrogen-bond acceptors (Lipinski definition) is 5. The molecule has 2 aromatic carbocycles. The number of halogens is 1. The Morgan fingerprint density at radius 3 is 2.52 bits per heavy atom. The molecule has 0 bridgehead atoms. The van der Waals surface area contributed by atoms with Gasteiger partial charge in [0.1, 0.15) is 16.7 Å². The van der Waals surface area contributed by atoms with Crippen LogP contribution in [0.3, 0.4) is 0 Å². The second-order valence-electron chi connectivity index (χ2n) is 6.90. The molecule has 8 heteroatoms. The van der Waals surface area contributed by atoms with E-state index in [-0.39, 0.29) is 18.1 Å². The van der Waals surface area contributed by atoms with Crippen LogP contribution in [0.5, 0.6) is 0 Å². The number of benzene rings is 2. The van der Waals surface area contributed by atoms with Gasteiger partial charge in [-0.3, -0.25) is 14.5 Å². The summed E-state index contributed by atoms with van der Waals surface area (Å²) < 4.78 is 19.1. The van der Waals surface area contributed by atoms with Gasteiger partial charge in [0.25, 0.3) is 5.91 Å². The van der Waals surface area contributed by atoms with Crippen molar-refractivity contribution in [1.82, 2.24) is 10.3 Å². The van der Waals surface area contributed by atoms with Crippen LogP contribution < -0.4 is 10.2 Å². The van der Waals surface area contributed by atoms with Gasteiger partial charge in [0.2, 0.25) is 5.91 Å². The number of thiazole rings is 1. The lowest BCUT2D eigenvalue weighted by molar-refractivity contribution is -0.122. The SMILES string of the molecule is COCCNC(=O)[C@H](c1ccccc1)N(C(=O)c1sc(C)nc1C)c1cccc(F)c1. The zero-order valence-corrected chi connectivity index (χ0v) is 18.4. The van der Waals surface area contributed by atoms with Crippen molar-refractivity contribution in [1.29, 1.82) is 0 Å². The number of carbonyl (C=O) groups is 2. The summed E-state index contributed by atoms with van der Waals surface area (Å²) in [4.78, 5) is 33.1. The van der Waals surface area contributed by atoms with Gasteiger partial charge in [0, 0.05) is 19.3 Å². The van der Waals surface area contributed by atoms with E-state index in [1.165, 1.54) is 41.5 Å². The molecule has 2 amide bonds. The van der Waals surface area contributed by atoms with Crippen LogP contribution in [0.15, 0.2) is 54.6 Å². The molecule has 1 atom stereocenters. The van der Waals surface area contributed by atoms with E-state index in [0.717, 1.165) is 5.01 Å². The van der Waals surface area contributed by atoms with Crippen molar-refractivity contribution < 1.29 is 18.7 Å². The summed E-state index contributed by atoms with van der Waals surface area (Å²) in [5.74, 6) is -1.30. The first-order valence-electron chi connectivity index (χ1n) is 9.77. The second-order valence-corrected chi connectivity index (χ2v) is 8.10. The molecule has 0 aliphatic carbocycles. The third-order valence-corrected chi connectivity index (χ3v) is 5.69. The zero-order valence-electron chi connectivity index (χ0n) is 17.6. The van der Waals surface area contributed by atoms with Gasteiger partial charge in [-0.1, -0.05) is 36.4 Å². The Morgan fingerprint density at radius 1 is 1.16 bits per heavy atom. The highest BCUT2D eigenvalue weighted by Crippen LogP contribution is 2.32. The first kappa shape index (κ1) is 22.6. The van der Waals surface area contributed by atoms with Crippen LogP contribution >= 0.6 is 11.3 Å². The lowest BCUT2D eigenvalue weighted by Crippen LogP contribution is -2.44. The lowest BCUT2D eigenvalue weighted by atomic mass is 10.0. The molecule has 3 rings (SSSR count). The monoisotopic (exact) mass is 441 g/mol. The standard InChI is InChI=1S/C23H24FN3O3S/c1-15-21(31-16(2)26-15)23(29)27(19-11-7-10-18(24)14-19)20(17-8-5-4-6-9-17)22(28)25-12-13-30-3/h4-11,14,20H,12-13H2,1-3H3,(H,25,28)/t20-/m0/s1. The van der Waals surface area contributed by atoms with Gasteiger partial charge in [-0.15, -0.1) is 11.3 Å². The number of hydrogen-bond donors (Lipinski definition) is 1. The minimum atomic E-state index is -1.01. The molecule has 0 radical (unpaired) electrons. The van der Waals surface area contributed by atoms with Gasteiger partial charge in [-0.25, -0.2) is 9.37 Å². The number of anilines is 1. The number of nitrogens with zero attached hydrogens (tertiary/aromatic N) is 2. The van der Waals surface area contributed by atoms with Crippen molar-refractivity contribution >= 4 is 28.8 Å². The highest BCUT2D eigenvalue weighted by molar-refractivity contribution is 7.13. The molecule has 0 unspecified atom stereocenters. The molecule has 0 aliphatic rings. The molecule has 1 heterocycles. The molecule has 1 N–H and O–H groups in total. The normalized spacial score (nSPS) is 11.7. The molecule has 1 aromatic heterocycles. The third kappa shape index (κ3) is 5.34. The van der Waals surface area contributed by atoms with E-state index >= 15 is 0 Å². The highest BCUT2D eigenvalue weighted by Gasteiger charge is 2.35. The average molecular weight is 442 g/mol. The Kier molecular flexibility index (Phi) is 7.49. The van der Waals surface area contributed by atoms with Crippen LogP contribution in [0.4, 0.5) is 10.1 Å². The Labute approximate surface area is 184 Å². The van der Waals surface area contributed by atoms with E-state index in [0.29, 0.717) is 22.7 Å². The minimum absolute atomic E-state index is 0.280. The molecule has 6 nitrogen and oxygen atoms in total. The summed E-state index contributed by atoms with van der Waals surface area (Å²) in [6, 6.07) is 13.6. The first-order valence-corrected chi connectivity index (χ1v) is 10.6. The average Bonchev–Trinajstić information content (AvgIpc) is 3.10. The van der Waals surface area contributed by atoms with E-state index in [4.69, 9.17) is 4.74 Å². The van der Waals surface area contributed by atoms with E-state index in [1.807, 2.05) is 13.0 Å². The van der Waals surface area contributed by atoms with Gasteiger partial charge in [-0.2, -0.15) is 0 Å². The van der Waals surface area contributed by atoms with Crippen molar-refractivity contribution in [3.05, 3.63) is 81.6 Å². The second kappa shape index (κ2) is 10.3. The van der Waals surface area contributed by atoms with E-state index in [2.05, 4.69) is 10.3 Å². The van der Waals surface area contributed by atoms with Crippen LogP contribution in [0.25, 0.3) is 0 Å². The summed E-state index contributed by atoms with van der Waals surface area (Å²) in [6.07, 6.45) is 0. The van der Waals surface area contributed by atoms with E-state index in [9.17, 15) is 14.0 Å². The Morgan fingerprint density at radius 2 is 1.90 bits per heavy atom. The summed E-state index contributed by atoms with van der Waals surface area (Å²) in [7, 11) is 1.54. The maximum atomic E-state index is 14.1. The van der Waals surface area contributed by atoms with Gasteiger partial charge < -0.3 is 10.1 Å². The first-order chi connectivity index (χ1) is 14.9. The fourth-order valence-electron chi connectivity index (χ4n) is 3.27. The smallest absolute Gasteiger partial charge is 0.271 e. The van der Waals surface area contributed by atoms with Crippen molar-refractivity contribution in [2.45, 2.75) is 19.9 Å². The number of amides is 2. The summed E-state index contributed by atoms with van der Waals surface area (Å²) in [5.41, 5.74) is 1.46. The largest absolute Gasteiger partial charge is 0.383 e. The topological polar surface area (TPSA) is 71.5 Å². The summed E-state index contributed by atoms with van der Waals surface area (Å²) in [5, 5.41) is 3.55. The predicted octanol–water partition coefficient (Wildman–Crippen LogP) is 4.05. The Balaban J connectivity index is 2.14. The van der Waals surface area contributed by atoms with Gasteiger partial charge in [0.05, 0.1) is 17.3 Å². The van der Waals surface area contributed by atoms with Gasteiger partial charge in [-0.05, 0) is 37.6 Å². The van der Waals surface area contributed by atoms with Crippen LogP contribution in [0, 0.1) is 19.7 Å². The molecule has 0 saturated heterocycles. The Bertz CT molecular complexity index is 1060. The van der Waals surface area contributed by atoms with Crippen molar-refractivity contribution in [2.24, 2.45) is 0 Å². The number of methoxy groups -OCH3 is 1. The fraction of sp³-hybridized carbons (Fsp3) is 0.261. The molecular formula is C23H24FN3O3S. The van der Waals surface area contributed by atoms with Gasteiger partial charge in [0.15, 0.2) is 0 Å².